The van der Waals surface area contributed by atoms with Crippen LogP contribution >= 0.6 is 11.8 Å². The molecule has 0 radical (unpaired) electrons. The molecule has 2 atom stereocenters. The maximum Gasteiger partial charge on any atom is 0.0372 e. The van der Waals surface area contributed by atoms with Gasteiger partial charge in [-0.05, 0) is 30.4 Å². The van der Waals surface area contributed by atoms with E-state index in [1.54, 1.807) is 0 Å². The Bertz CT molecular complexity index is 421. The highest BCUT2D eigenvalue weighted by atomic mass is 32.2. The third kappa shape index (κ3) is 3.26. The van der Waals surface area contributed by atoms with Gasteiger partial charge in [-0.2, -0.15) is 11.8 Å². The molecule has 0 bridgehead atoms. The lowest BCUT2D eigenvalue weighted by atomic mass is 9.93. The summed E-state index contributed by atoms with van der Waals surface area (Å²) in [7, 11) is 0. The second-order valence-corrected chi connectivity index (χ2v) is 7.18. The number of fused-ring (bicyclic) bond motifs is 1. The average Bonchev–Trinajstić information content (AvgIpc) is 2.47. The van der Waals surface area contributed by atoms with Crippen molar-refractivity contribution in [2.24, 2.45) is 5.92 Å². The van der Waals surface area contributed by atoms with Gasteiger partial charge in [0, 0.05) is 42.9 Å². The van der Waals surface area contributed by atoms with Crippen LogP contribution in [-0.2, 0) is 6.42 Å². The van der Waals surface area contributed by atoms with Gasteiger partial charge in [-0.3, -0.25) is 0 Å². The molecule has 1 saturated heterocycles. The molecule has 1 fully saturated rings. The third-order valence-corrected chi connectivity index (χ3v) is 5.67. The Hall–Kier alpha value is -0.670. The Morgan fingerprint density at radius 2 is 2.26 bits per heavy atom. The van der Waals surface area contributed by atoms with Gasteiger partial charge >= 0.3 is 0 Å². The van der Waals surface area contributed by atoms with E-state index >= 15 is 0 Å². The molecule has 0 spiro atoms. The average molecular weight is 276 g/mol. The molecule has 0 aromatic heterocycles. The van der Waals surface area contributed by atoms with Crippen LogP contribution < -0.4 is 5.32 Å². The van der Waals surface area contributed by atoms with E-state index in [1.165, 1.54) is 49.5 Å². The minimum atomic E-state index is 0.774. The fraction of sp³-hybridized carbons (Fsp3) is 0.625. The predicted molar refractivity (Wildman–Crippen MR) is 85.1 cm³/mol. The molecule has 104 valence electrons. The third-order valence-electron chi connectivity index (χ3n) is 4.30. The molecule has 19 heavy (non-hydrogen) atoms. The Balaban J connectivity index is 1.57. The van der Waals surface area contributed by atoms with Crippen molar-refractivity contribution in [3.63, 3.8) is 0 Å². The van der Waals surface area contributed by atoms with Gasteiger partial charge < -0.3 is 10.2 Å². The van der Waals surface area contributed by atoms with Crippen molar-refractivity contribution in [1.82, 2.24) is 4.90 Å². The van der Waals surface area contributed by atoms with E-state index < -0.39 is 0 Å². The first-order valence-electron chi connectivity index (χ1n) is 7.51. The van der Waals surface area contributed by atoms with Gasteiger partial charge in [-0.15, -0.1) is 0 Å². The molecular weight excluding hydrogens is 252 g/mol. The maximum absolute atomic E-state index is 3.60. The molecule has 2 heterocycles. The van der Waals surface area contributed by atoms with Crippen molar-refractivity contribution >= 4 is 17.4 Å². The van der Waals surface area contributed by atoms with Crippen LogP contribution in [0.1, 0.15) is 18.9 Å². The minimum Gasteiger partial charge on any atom is -0.384 e. The zero-order valence-electron chi connectivity index (χ0n) is 11.8. The lowest BCUT2D eigenvalue weighted by Gasteiger charge is -2.36. The molecule has 0 amide bonds. The standard InChI is InChI=1S/C16H24N2S/c1-2-15-12-18(7-8-19-15)11-13-9-14-5-3-4-6-16(14)17-10-13/h3-6,13,15,17H,2,7-12H2,1H3. The summed E-state index contributed by atoms with van der Waals surface area (Å²) in [5, 5.41) is 4.45. The number of hydrogen-bond acceptors (Lipinski definition) is 3. The van der Waals surface area contributed by atoms with E-state index in [-0.39, 0.29) is 0 Å². The zero-order valence-corrected chi connectivity index (χ0v) is 12.6. The highest BCUT2D eigenvalue weighted by Crippen LogP contribution is 2.26. The molecule has 1 N–H and O–H groups in total. The number of hydrogen-bond donors (Lipinski definition) is 1. The van der Waals surface area contributed by atoms with Gasteiger partial charge in [0.25, 0.3) is 0 Å². The highest BCUT2D eigenvalue weighted by Gasteiger charge is 2.24. The summed E-state index contributed by atoms with van der Waals surface area (Å²) >= 11 is 2.16. The number of anilines is 1. The van der Waals surface area contributed by atoms with Crippen molar-refractivity contribution < 1.29 is 0 Å². The normalized spacial score (nSPS) is 27.6. The van der Waals surface area contributed by atoms with E-state index in [4.69, 9.17) is 0 Å². The quantitative estimate of drug-likeness (QED) is 0.913. The number of benzene rings is 1. The summed E-state index contributed by atoms with van der Waals surface area (Å²) in [5.74, 6) is 2.09. The number of rotatable bonds is 3. The van der Waals surface area contributed by atoms with Gasteiger partial charge in [-0.25, -0.2) is 0 Å². The van der Waals surface area contributed by atoms with Crippen LogP contribution in [0.5, 0.6) is 0 Å². The van der Waals surface area contributed by atoms with Gasteiger partial charge in [-0.1, -0.05) is 25.1 Å². The molecule has 2 nitrogen and oxygen atoms in total. The summed E-state index contributed by atoms with van der Waals surface area (Å²) in [5.41, 5.74) is 2.84. The largest absolute Gasteiger partial charge is 0.384 e. The Morgan fingerprint density at radius 1 is 1.37 bits per heavy atom. The molecule has 1 aromatic carbocycles. The Kier molecular flexibility index (Phi) is 4.34. The van der Waals surface area contributed by atoms with E-state index in [0.29, 0.717) is 0 Å². The highest BCUT2D eigenvalue weighted by molar-refractivity contribution is 8.00. The van der Waals surface area contributed by atoms with E-state index in [1.807, 2.05) is 0 Å². The first kappa shape index (κ1) is 13.3. The Morgan fingerprint density at radius 3 is 3.16 bits per heavy atom. The fourth-order valence-electron chi connectivity index (χ4n) is 3.20. The van der Waals surface area contributed by atoms with Gasteiger partial charge in [0.15, 0.2) is 0 Å². The first-order valence-corrected chi connectivity index (χ1v) is 8.55. The second-order valence-electron chi connectivity index (χ2n) is 5.77. The molecule has 2 unspecified atom stereocenters. The van der Waals surface area contributed by atoms with Crippen LogP contribution in [0.25, 0.3) is 0 Å². The van der Waals surface area contributed by atoms with Crippen molar-refractivity contribution in [1.29, 1.82) is 0 Å². The number of nitrogens with zero attached hydrogens (tertiary/aromatic N) is 1. The summed E-state index contributed by atoms with van der Waals surface area (Å²) in [4.78, 5) is 2.69. The fourth-order valence-corrected chi connectivity index (χ4v) is 4.44. The van der Waals surface area contributed by atoms with Crippen LogP contribution in [0, 0.1) is 5.92 Å². The molecule has 3 heteroatoms. The monoisotopic (exact) mass is 276 g/mol. The summed E-state index contributed by atoms with van der Waals surface area (Å²) in [6.07, 6.45) is 2.55. The van der Waals surface area contributed by atoms with Crippen LogP contribution in [0.15, 0.2) is 24.3 Å². The molecule has 0 aliphatic carbocycles. The summed E-state index contributed by atoms with van der Waals surface area (Å²) in [6, 6.07) is 8.76. The lowest BCUT2D eigenvalue weighted by Crippen LogP contribution is -2.42. The maximum atomic E-state index is 3.60. The lowest BCUT2D eigenvalue weighted by molar-refractivity contribution is 0.238. The predicted octanol–water partition coefficient (Wildman–Crippen LogP) is 3.10. The van der Waals surface area contributed by atoms with Crippen LogP contribution in [0.3, 0.4) is 0 Å². The number of para-hydroxylation sites is 1. The SMILES string of the molecule is CCC1CN(CC2CNc3ccccc3C2)CCS1. The molecular formula is C16H24N2S. The van der Waals surface area contributed by atoms with Gasteiger partial charge in [0.1, 0.15) is 0 Å². The van der Waals surface area contributed by atoms with E-state index in [0.717, 1.165) is 17.7 Å². The molecule has 2 aliphatic heterocycles. The summed E-state index contributed by atoms with van der Waals surface area (Å²) in [6.45, 7) is 7.29. The van der Waals surface area contributed by atoms with Crippen molar-refractivity contribution in [2.75, 3.05) is 37.2 Å². The minimum absolute atomic E-state index is 0.774. The van der Waals surface area contributed by atoms with Crippen molar-refractivity contribution in [3.05, 3.63) is 29.8 Å². The van der Waals surface area contributed by atoms with Crippen molar-refractivity contribution in [3.8, 4) is 0 Å². The van der Waals surface area contributed by atoms with Gasteiger partial charge in [0.2, 0.25) is 0 Å². The topological polar surface area (TPSA) is 15.3 Å². The van der Waals surface area contributed by atoms with E-state index in [2.05, 4.69) is 53.2 Å². The molecule has 3 rings (SSSR count). The zero-order chi connectivity index (χ0) is 13.1. The van der Waals surface area contributed by atoms with Crippen LogP contribution in [0.4, 0.5) is 5.69 Å². The number of nitrogens with one attached hydrogen (secondary N) is 1. The first-order chi connectivity index (χ1) is 9.35. The Labute approximate surface area is 121 Å². The molecule has 1 aromatic rings. The number of thioether (sulfide) groups is 1. The van der Waals surface area contributed by atoms with Crippen LogP contribution in [-0.4, -0.2) is 42.1 Å². The second kappa shape index (κ2) is 6.19. The molecule has 0 saturated carbocycles. The van der Waals surface area contributed by atoms with Crippen LogP contribution in [0.2, 0.25) is 0 Å². The smallest absolute Gasteiger partial charge is 0.0372 e. The molecule has 2 aliphatic rings. The van der Waals surface area contributed by atoms with Gasteiger partial charge in [0.05, 0.1) is 0 Å². The van der Waals surface area contributed by atoms with Crippen molar-refractivity contribution in [2.45, 2.75) is 25.0 Å². The van der Waals surface area contributed by atoms with E-state index in [9.17, 15) is 0 Å². The summed E-state index contributed by atoms with van der Waals surface area (Å²) < 4.78 is 0.